The Morgan fingerprint density at radius 1 is 1.19 bits per heavy atom. The number of benzene rings is 1. The fourth-order valence-corrected chi connectivity index (χ4v) is 4.32. The molecule has 0 saturated heterocycles. The predicted molar refractivity (Wildman–Crippen MR) is 78.9 cm³/mol. The Hall–Kier alpha value is -1.36. The summed E-state index contributed by atoms with van der Waals surface area (Å²) >= 11 is 0. The molecule has 2 fully saturated rings. The number of aliphatic carboxylic acids is 1. The highest BCUT2D eigenvalue weighted by Gasteiger charge is 2.46. The van der Waals surface area contributed by atoms with Crippen LogP contribution in [0.1, 0.15) is 37.2 Å². The van der Waals surface area contributed by atoms with Crippen LogP contribution < -0.4 is 0 Å². The molecule has 0 bridgehead atoms. The number of hydrogen-bond donors (Lipinski definition) is 1. The Balaban J connectivity index is 1.75. The summed E-state index contributed by atoms with van der Waals surface area (Å²) in [6.45, 7) is 0. The first kappa shape index (κ1) is 14.6. The summed E-state index contributed by atoms with van der Waals surface area (Å²) in [6, 6.07) is 6.30. The van der Waals surface area contributed by atoms with E-state index in [0.29, 0.717) is 17.9 Å². The number of rotatable bonds is 5. The molecular weight excluding hydrogens is 288 g/mol. The molecule has 4 nitrogen and oxygen atoms in total. The summed E-state index contributed by atoms with van der Waals surface area (Å²) in [6.07, 6.45) is 5.48. The van der Waals surface area contributed by atoms with Gasteiger partial charge in [0.2, 0.25) is 0 Å². The van der Waals surface area contributed by atoms with Gasteiger partial charge in [0.05, 0.1) is 10.8 Å². The molecule has 3 unspecified atom stereocenters. The molecule has 0 amide bonds. The average molecular weight is 308 g/mol. The average Bonchev–Trinajstić information content (AvgIpc) is 3.02. The molecule has 1 aromatic carbocycles. The van der Waals surface area contributed by atoms with Gasteiger partial charge in [-0.2, -0.15) is 0 Å². The van der Waals surface area contributed by atoms with Crippen LogP contribution >= 0.6 is 0 Å². The minimum absolute atomic E-state index is 0.234. The lowest BCUT2D eigenvalue weighted by molar-refractivity contribution is -0.139. The van der Waals surface area contributed by atoms with Gasteiger partial charge in [0, 0.05) is 6.26 Å². The van der Waals surface area contributed by atoms with E-state index >= 15 is 0 Å². The van der Waals surface area contributed by atoms with E-state index in [2.05, 4.69) is 0 Å². The molecule has 114 valence electrons. The molecular formula is C16H20O4S. The van der Waals surface area contributed by atoms with Crippen molar-refractivity contribution in [3.05, 3.63) is 29.8 Å². The molecule has 0 radical (unpaired) electrons. The van der Waals surface area contributed by atoms with E-state index in [-0.39, 0.29) is 4.90 Å². The van der Waals surface area contributed by atoms with Crippen molar-refractivity contribution in [2.75, 3.05) is 6.26 Å². The van der Waals surface area contributed by atoms with E-state index in [4.69, 9.17) is 0 Å². The monoisotopic (exact) mass is 308 g/mol. The number of carbonyl (C=O) groups is 1. The number of carboxylic acid groups (broad SMARTS) is 1. The van der Waals surface area contributed by atoms with E-state index in [1.54, 1.807) is 12.1 Å². The summed E-state index contributed by atoms with van der Waals surface area (Å²) in [5.41, 5.74) is 0.704. The van der Waals surface area contributed by atoms with Crippen molar-refractivity contribution in [2.45, 2.75) is 36.5 Å². The van der Waals surface area contributed by atoms with Crippen LogP contribution in [0.4, 0.5) is 0 Å². The van der Waals surface area contributed by atoms with Gasteiger partial charge in [-0.1, -0.05) is 12.1 Å². The summed E-state index contributed by atoms with van der Waals surface area (Å²) in [5, 5.41) is 9.48. The molecule has 3 atom stereocenters. The molecule has 0 aromatic heterocycles. The molecule has 1 N–H and O–H groups in total. The standard InChI is InChI=1S/C16H20O4S/c1-21(19,20)14-4-2-11(3-5-14)15(16(17)18)8-10-6-12-9-13(12)7-10/h2-5,10,12-13,15H,6-9H2,1H3,(H,17,18). The molecule has 3 rings (SSSR count). The van der Waals surface area contributed by atoms with Crippen LogP contribution in [0.3, 0.4) is 0 Å². The topological polar surface area (TPSA) is 71.4 Å². The highest BCUT2D eigenvalue weighted by Crippen LogP contribution is 2.56. The minimum atomic E-state index is -3.24. The molecule has 5 heteroatoms. The van der Waals surface area contributed by atoms with Crippen molar-refractivity contribution < 1.29 is 18.3 Å². The first-order valence-electron chi connectivity index (χ1n) is 7.37. The maximum atomic E-state index is 11.5. The predicted octanol–water partition coefficient (Wildman–Crippen LogP) is 2.69. The van der Waals surface area contributed by atoms with Crippen LogP contribution in [0.25, 0.3) is 0 Å². The summed E-state index contributed by atoms with van der Waals surface area (Å²) in [4.78, 5) is 11.8. The van der Waals surface area contributed by atoms with Gasteiger partial charge < -0.3 is 5.11 Å². The van der Waals surface area contributed by atoms with Gasteiger partial charge in [-0.05, 0) is 61.1 Å². The fourth-order valence-electron chi connectivity index (χ4n) is 3.69. The second kappa shape index (κ2) is 5.13. The fraction of sp³-hybridized carbons (Fsp3) is 0.562. The van der Waals surface area contributed by atoms with Crippen molar-refractivity contribution in [2.24, 2.45) is 17.8 Å². The second-order valence-corrected chi connectivity index (χ2v) is 8.58. The molecule has 0 aliphatic heterocycles. The molecule has 2 aliphatic carbocycles. The van der Waals surface area contributed by atoms with E-state index in [0.717, 1.165) is 30.9 Å². The molecule has 0 spiro atoms. The van der Waals surface area contributed by atoms with Gasteiger partial charge in [0.25, 0.3) is 0 Å². The maximum Gasteiger partial charge on any atom is 0.310 e. The summed E-state index contributed by atoms with van der Waals surface area (Å²) in [7, 11) is -3.24. The first-order valence-corrected chi connectivity index (χ1v) is 9.26. The van der Waals surface area contributed by atoms with Crippen molar-refractivity contribution in [3.8, 4) is 0 Å². The van der Waals surface area contributed by atoms with Crippen LogP contribution in [-0.2, 0) is 14.6 Å². The Morgan fingerprint density at radius 3 is 2.24 bits per heavy atom. The van der Waals surface area contributed by atoms with Gasteiger partial charge in [0.15, 0.2) is 9.84 Å². The molecule has 1 aromatic rings. The molecule has 2 aliphatic rings. The lowest BCUT2D eigenvalue weighted by atomic mass is 9.86. The van der Waals surface area contributed by atoms with Crippen molar-refractivity contribution in [1.29, 1.82) is 0 Å². The van der Waals surface area contributed by atoms with Crippen LogP contribution in [0.2, 0.25) is 0 Å². The number of fused-ring (bicyclic) bond motifs is 1. The Labute approximate surface area is 125 Å². The minimum Gasteiger partial charge on any atom is -0.481 e. The summed E-state index contributed by atoms with van der Waals surface area (Å²) in [5.74, 6) is 0.849. The Morgan fingerprint density at radius 2 is 1.76 bits per heavy atom. The van der Waals surface area contributed by atoms with Gasteiger partial charge >= 0.3 is 5.97 Å². The zero-order valence-corrected chi connectivity index (χ0v) is 12.8. The van der Waals surface area contributed by atoms with Gasteiger partial charge in [0.1, 0.15) is 0 Å². The van der Waals surface area contributed by atoms with Gasteiger partial charge in [-0.25, -0.2) is 8.42 Å². The Bertz CT molecular complexity index is 637. The molecule has 21 heavy (non-hydrogen) atoms. The third-order valence-corrected chi connectivity index (χ3v) is 6.05. The van der Waals surface area contributed by atoms with Crippen molar-refractivity contribution in [1.82, 2.24) is 0 Å². The quantitative estimate of drug-likeness (QED) is 0.908. The summed E-state index contributed by atoms with van der Waals surface area (Å²) < 4.78 is 22.9. The lowest BCUT2D eigenvalue weighted by Crippen LogP contribution is -2.16. The largest absolute Gasteiger partial charge is 0.481 e. The van der Waals surface area contributed by atoms with Crippen molar-refractivity contribution in [3.63, 3.8) is 0 Å². The van der Waals surface area contributed by atoms with E-state index in [1.807, 2.05) is 0 Å². The highest BCUT2D eigenvalue weighted by atomic mass is 32.2. The van der Waals surface area contributed by atoms with E-state index in [9.17, 15) is 18.3 Å². The maximum absolute atomic E-state index is 11.5. The number of hydrogen-bond acceptors (Lipinski definition) is 3. The Kier molecular flexibility index (Phi) is 3.56. The van der Waals surface area contributed by atoms with Crippen LogP contribution in [-0.4, -0.2) is 25.7 Å². The SMILES string of the molecule is CS(=O)(=O)c1ccc(C(CC2CC3CC3C2)C(=O)O)cc1. The number of sulfone groups is 1. The lowest BCUT2D eigenvalue weighted by Gasteiger charge is -2.18. The van der Waals surface area contributed by atoms with Crippen LogP contribution in [0.15, 0.2) is 29.2 Å². The van der Waals surface area contributed by atoms with E-state index < -0.39 is 21.7 Å². The molecule has 2 saturated carbocycles. The highest BCUT2D eigenvalue weighted by molar-refractivity contribution is 7.90. The van der Waals surface area contributed by atoms with Crippen molar-refractivity contribution >= 4 is 15.8 Å². The normalized spacial score (nSPS) is 28.9. The second-order valence-electron chi connectivity index (χ2n) is 6.56. The van der Waals surface area contributed by atoms with Crippen LogP contribution in [0, 0.1) is 17.8 Å². The third-order valence-electron chi connectivity index (χ3n) is 4.92. The zero-order valence-electron chi connectivity index (χ0n) is 12.0. The third kappa shape index (κ3) is 3.12. The zero-order chi connectivity index (χ0) is 15.2. The van der Waals surface area contributed by atoms with E-state index in [1.165, 1.54) is 18.6 Å². The number of carboxylic acids is 1. The first-order chi connectivity index (χ1) is 9.84. The molecule has 0 heterocycles. The van der Waals surface area contributed by atoms with Gasteiger partial charge in [-0.3, -0.25) is 4.79 Å². The smallest absolute Gasteiger partial charge is 0.310 e. The van der Waals surface area contributed by atoms with Crippen LogP contribution in [0.5, 0.6) is 0 Å². The van der Waals surface area contributed by atoms with Gasteiger partial charge in [-0.15, -0.1) is 0 Å².